The van der Waals surface area contributed by atoms with Gasteiger partial charge in [0.2, 0.25) is 0 Å². The first-order chi connectivity index (χ1) is 8.11. The molecule has 0 unspecified atom stereocenters. The summed E-state index contributed by atoms with van der Waals surface area (Å²) in [5.74, 6) is 0.968. The Balaban J connectivity index is 2.24. The van der Waals surface area contributed by atoms with Crippen LogP contribution in [-0.2, 0) is 0 Å². The molecule has 3 N–H and O–H groups in total. The summed E-state index contributed by atoms with van der Waals surface area (Å²) in [7, 11) is 0. The topological polar surface area (TPSA) is 64.3 Å². The highest BCUT2D eigenvalue weighted by molar-refractivity contribution is 5.71. The zero-order valence-electron chi connectivity index (χ0n) is 10.5. The van der Waals surface area contributed by atoms with Crippen LogP contribution in [0.25, 0.3) is 0 Å². The normalized spacial score (nSPS) is 10.0. The number of nitrogens with two attached hydrogens (primary N) is 1. The Bertz CT molecular complexity index is 357. The van der Waals surface area contributed by atoms with Crippen LogP contribution in [0.1, 0.15) is 24.0 Å². The van der Waals surface area contributed by atoms with E-state index >= 15 is 0 Å². The fourth-order valence-electron chi connectivity index (χ4n) is 1.64. The number of carbonyl (C=O) groups is 1. The summed E-state index contributed by atoms with van der Waals surface area (Å²) in [6, 6.07) is 5.63. The molecule has 0 aliphatic rings. The van der Waals surface area contributed by atoms with E-state index in [1.807, 2.05) is 32.0 Å². The van der Waals surface area contributed by atoms with Gasteiger partial charge in [0.1, 0.15) is 5.75 Å². The van der Waals surface area contributed by atoms with Crippen LogP contribution < -0.4 is 15.8 Å². The third kappa shape index (κ3) is 4.76. The highest BCUT2D eigenvalue weighted by Crippen LogP contribution is 2.22. The van der Waals surface area contributed by atoms with Crippen LogP contribution in [-0.4, -0.2) is 19.2 Å². The average Bonchev–Trinajstić information content (AvgIpc) is 2.26. The van der Waals surface area contributed by atoms with Crippen molar-refractivity contribution in [2.24, 2.45) is 5.73 Å². The quantitative estimate of drug-likeness (QED) is 0.743. The van der Waals surface area contributed by atoms with Crippen LogP contribution in [0.4, 0.5) is 4.79 Å². The molecule has 0 fully saturated rings. The van der Waals surface area contributed by atoms with Gasteiger partial charge in [0.05, 0.1) is 6.61 Å². The summed E-state index contributed by atoms with van der Waals surface area (Å²) < 4.78 is 5.73. The number of nitrogens with one attached hydrogen (secondary N) is 1. The minimum absolute atomic E-state index is 0.472. The molecule has 0 bridgehead atoms. The van der Waals surface area contributed by atoms with Crippen molar-refractivity contribution in [1.29, 1.82) is 0 Å². The standard InChI is InChI=1S/C13H20N2O2/c1-10-6-5-7-11(2)12(10)17-9-4-3-8-15-13(14)16/h5-7H,3-4,8-9H2,1-2H3,(H3,14,15,16). The van der Waals surface area contributed by atoms with Gasteiger partial charge in [-0.15, -0.1) is 0 Å². The maximum atomic E-state index is 10.4. The summed E-state index contributed by atoms with van der Waals surface area (Å²) >= 11 is 0. The Morgan fingerprint density at radius 3 is 2.53 bits per heavy atom. The molecule has 0 heterocycles. The second kappa shape index (κ2) is 6.78. The fraction of sp³-hybridized carbons (Fsp3) is 0.462. The Morgan fingerprint density at radius 2 is 1.94 bits per heavy atom. The molecule has 2 amide bonds. The van der Waals surface area contributed by atoms with Crippen molar-refractivity contribution in [2.45, 2.75) is 26.7 Å². The average molecular weight is 236 g/mol. The summed E-state index contributed by atoms with van der Waals surface area (Å²) in [6.07, 6.45) is 1.77. The molecule has 4 heteroatoms. The highest BCUT2D eigenvalue weighted by Gasteiger charge is 2.02. The van der Waals surface area contributed by atoms with Crippen LogP contribution in [0.2, 0.25) is 0 Å². The van der Waals surface area contributed by atoms with E-state index in [4.69, 9.17) is 10.5 Å². The van der Waals surface area contributed by atoms with Gasteiger partial charge < -0.3 is 15.8 Å². The molecule has 0 aromatic heterocycles. The maximum Gasteiger partial charge on any atom is 0.312 e. The number of hydrogen-bond donors (Lipinski definition) is 2. The molecule has 4 nitrogen and oxygen atoms in total. The second-order valence-electron chi connectivity index (χ2n) is 4.07. The number of benzene rings is 1. The molecule has 1 rings (SSSR count). The van der Waals surface area contributed by atoms with Gasteiger partial charge in [-0.2, -0.15) is 0 Å². The van der Waals surface area contributed by atoms with E-state index < -0.39 is 6.03 Å². The molecule has 0 saturated heterocycles. The van der Waals surface area contributed by atoms with Crippen molar-refractivity contribution >= 4 is 6.03 Å². The van der Waals surface area contributed by atoms with Crippen molar-refractivity contribution < 1.29 is 9.53 Å². The van der Waals surface area contributed by atoms with E-state index in [1.165, 1.54) is 0 Å². The molecule has 0 radical (unpaired) electrons. The second-order valence-corrected chi connectivity index (χ2v) is 4.07. The molecular formula is C13H20N2O2. The number of unbranched alkanes of at least 4 members (excludes halogenated alkanes) is 1. The first-order valence-corrected chi connectivity index (χ1v) is 5.83. The number of ether oxygens (including phenoxy) is 1. The lowest BCUT2D eigenvalue weighted by Crippen LogP contribution is -2.30. The highest BCUT2D eigenvalue weighted by atomic mass is 16.5. The number of hydrogen-bond acceptors (Lipinski definition) is 2. The van der Waals surface area contributed by atoms with E-state index in [0.29, 0.717) is 13.2 Å². The van der Waals surface area contributed by atoms with Gasteiger partial charge in [-0.05, 0) is 37.8 Å². The number of aryl methyl sites for hydroxylation is 2. The minimum atomic E-state index is -0.472. The van der Waals surface area contributed by atoms with Crippen molar-refractivity contribution in [1.82, 2.24) is 5.32 Å². The number of carbonyl (C=O) groups excluding carboxylic acids is 1. The molecule has 17 heavy (non-hydrogen) atoms. The van der Waals surface area contributed by atoms with E-state index in [0.717, 1.165) is 29.7 Å². The lowest BCUT2D eigenvalue weighted by atomic mass is 10.1. The van der Waals surface area contributed by atoms with Gasteiger partial charge in [-0.25, -0.2) is 4.79 Å². The van der Waals surface area contributed by atoms with Crippen LogP contribution in [0.3, 0.4) is 0 Å². The monoisotopic (exact) mass is 236 g/mol. The number of para-hydroxylation sites is 1. The van der Waals surface area contributed by atoms with Crippen LogP contribution in [0.15, 0.2) is 18.2 Å². The summed E-state index contributed by atoms with van der Waals surface area (Å²) in [5, 5.41) is 2.55. The van der Waals surface area contributed by atoms with Gasteiger partial charge >= 0.3 is 6.03 Å². The van der Waals surface area contributed by atoms with Crippen molar-refractivity contribution in [3.05, 3.63) is 29.3 Å². The molecular weight excluding hydrogens is 216 g/mol. The van der Waals surface area contributed by atoms with Gasteiger partial charge in [0.15, 0.2) is 0 Å². The molecule has 94 valence electrons. The van der Waals surface area contributed by atoms with Crippen molar-refractivity contribution in [2.75, 3.05) is 13.2 Å². The summed E-state index contributed by atoms with van der Waals surface area (Å²) in [6.45, 7) is 5.34. The Hall–Kier alpha value is -1.71. The molecule has 0 aliphatic heterocycles. The Morgan fingerprint density at radius 1 is 1.29 bits per heavy atom. The van der Waals surface area contributed by atoms with E-state index in [2.05, 4.69) is 5.32 Å². The third-order valence-electron chi connectivity index (χ3n) is 2.53. The number of amides is 2. The van der Waals surface area contributed by atoms with Gasteiger partial charge in [-0.1, -0.05) is 18.2 Å². The van der Waals surface area contributed by atoms with Crippen LogP contribution in [0.5, 0.6) is 5.75 Å². The first kappa shape index (κ1) is 13.4. The lowest BCUT2D eigenvalue weighted by molar-refractivity contribution is 0.248. The summed E-state index contributed by atoms with van der Waals surface area (Å²) in [4.78, 5) is 10.4. The molecule has 1 aromatic carbocycles. The number of primary amides is 1. The van der Waals surface area contributed by atoms with E-state index in [1.54, 1.807) is 0 Å². The van der Waals surface area contributed by atoms with Gasteiger partial charge in [0.25, 0.3) is 0 Å². The smallest absolute Gasteiger partial charge is 0.312 e. The molecule has 0 aliphatic carbocycles. The zero-order valence-corrected chi connectivity index (χ0v) is 10.5. The fourth-order valence-corrected chi connectivity index (χ4v) is 1.64. The van der Waals surface area contributed by atoms with Gasteiger partial charge in [0, 0.05) is 6.54 Å². The van der Waals surface area contributed by atoms with Crippen LogP contribution in [0, 0.1) is 13.8 Å². The first-order valence-electron chi connectivity index (χ1n) is 5.83. The minimum Gasteiger partial charge on any atom is -0.493 e. The van der Waals surface area contributed by atoms with Crippen molar-refractivity contribution in [3.8, 4) is 5.75 Å². The van der Waals surface area contributed by atoms with E-state index in [9.17, 15) is 4.79 Å². The zero-order chi connectivity index (χ0) is 12.7. The number of urea groups is 1. The SMILES string of the molecule is Cc1cccc(C)c1OCCCCNC(N)=O. The van der Waals surface area contributed by atoms with Gasteiger partial charge in [-0.3, -0.25) is 0 Å². The molecule has 0 saturated carbocycles. The largest absolute Gasteiger partial charge is 0.493 e. The Labute approximate surface area is 102 Å². The van der Waals surface area contributed by atoms with Crippen LogP contribution >= 0.6 is 0 Å². The summed E-state index contributed by atoms with van der Waals surface area (Å²) in [5.41, 5.74) is 7.26. The predicted molar refractivity (Wildman–Crippen MR) is 68.2 cm³/mol. The lowest BCUT2D eigenvalue weighted by Gasteiger charge is -2.11. The third-order valence-corrected chi connectivity index (χ3v) is 2.53. The molecule has 0 spiro atoms. The Kier molecular flexibility index (Phi) is 5.33. The predicted octanol–water partition coefficient (Wildman–Crippen LogP) is 2.13. The molecule has 1 aromatic rings. The van der Waals surface area contributed by atoms with E-state index in [-0.39, 0.29) is 0 Å². The van der Waals surface area contributed by atoms with Crippen molar-refractivity contribution in [3.63, 3.8) is 0 Å². The maximum absolute atomic E-state index is 10.4. The number of rotatable bonds is 6. The molecule has 0 atom stereocenters.